The largest absolute Gasteiger partial charge is 0.349 e. The fourth-order valence-electron chi connectivity index (χ4n) is 3.40. The van der Waals surface area contributed by atoms with Gasteiger partial charge in [-0.15, -0.1) is 0 Å². The number of amides is 3. The lowest BCUT2D eigenvalue weighted by Crippen LogP contribution is -2.29. The number of hydrogen-bond donors (Lipinski definition) is 2. The highest BCUT2D eigenvalue weighted by Crippen LogP contribution is 2.30. The molecule has 2 N–H and O–H groups in total. The van der Waals surface area contributed by atoms with Gasteiger partial charge in [0.15, 0.2) is 0 Å². The van der Waals surface area contributed by atoms with Crippen molar-refractivity contribution in [1.82, 2.24) is 5.32 Å². The molecule has 3 rings (SSSR count). The van der Waals surface area contributed by atoms with Gasteiger partial charge in [0.2, 0.25) is 17.7 Å². The quantitative estimate of drug-likeness (QED) is 0.808. The molecular weight excluding hydrogens is 378 g/mol. The molecule has 1 heterocycles. The third-order valence-corrected chi connectivity index (χ3v) is 4.93. The van der Waals surface area contributed by atoms with Crippen LogP contribution in [0.3, 0.4) is 0 Å². The summed E-state index contributed by atoms with van der Waals surface area (Å²) in [6.45, 7) is 3.62. The van der Waals surface area contributed by atoms with E-state index in [-0.39, 0.29) is 24.1 Å². The van der Waals surface area contributed by atoms with E-state index in [4.69, 9.17) is 11.6 Å². The van der Waals surface area contributed by atoms with Crippen molar-refractivity contribution in [2.24, 2.45) is 0 Å². The van der Waals surface area contributed by atoms with E-state index in [1.807, 2.05) is 12.1 Å². The molecule has 1 atom stereocenters. The van der Waals surface area contributed by atoms with Gasteiger partial charge in [0, 0.05) is 36.8 Å². The number of carbonyl (C=O) groups is 3. The van der Waals surface area contributed by atoms with Crippen LogP contribution in [0.1, 0.15) is 37.4 Å². The van der Waals surface area contributed by atoms with Crippen molar-refractivity contribution < 1.29 is 14.4 Å². The van der Waals surface area contributed by atoms with Crippen LogP contribution in [-0.4, -0.2) is 24.3 Å². The second-order valence-electron chi connectivity index (χ2n) is 6.82. The summed E-state index contributed by atoms with van der Waals surface area (Å²) in [5.41, 5.74) is 3.40. The van der Waals surface area contributed by atoms with Crippen LogP contribution in [0.15, 0.2) is 42.5 Å². The summed E-state index contributed by atoms with van der Waals surface area (Å²) in [7, 11) is 0. The minimum Gasteiger partial charge on any atom is -0.349 e. The van der Waals surface area contributed by atoms with Gasteiger partial charge in [-0.25, -0.2) is 0 Å². The van der Waals surface area contributed by atoms with E-state index in [1.165, 1.54) is 6.92 Å². The van der Waals surface area contributed by atoms with Crippen LogP contribution in [0.25, 0.3) is 0 Å². The summed E-state index contributed by atoms with van der Waals surface area (Å²) < 4.78 is 0. The average Bonchev–Trinajstić information content (AvgIpc) is 3.05. The van der Waals surface area contributed by atoms with Crippen LogP contribution >= 0.6 is 11.6 Å². The Balaban J connectivity index is 1.70. The maximum absolute atomic E-state index is 12.6. The van der Waals surface area contributed by atoms with Gasteiger partial charge in [-0.2, -0.15) is 0 Å². The third-order valence-electron chi connectivity index (χ3n) is 4.68. The van der Waals surface area contributed by atoms with Crippen LogP contribution in [0, 0.1) is 0 Å². The Kier molecular flexibility index (Phi) is 5.99. The van der Waals surface area contributed by atoms with Crippen molar-refractivity contribution in [3.05, 3.63) is 58.6 Å². The van der Waals surface area contributed by atoms with Gasteiger partial charge in [-0.3, -0.25) is 14.4 Å². The molecule has 0 aliphatic carbocycles. The maximum Gasteiger partial charge on any atom is 0.226 e. The zero-order valence-electron chi connectivity index (χ0n) is 15.8. The van der Waals surface area contributed by atoms with E-state index in [0.29, 0.717) is 17.3 Å². The lowest BCUT2D eigenvalue weighted by molar-refractivity contribution is -0.120. The molecule has 6 nitrogen and oxygen atoms in total. The first-order valence-corrected chi connectivity index (χ1v) is 9.44. The molecule has 28 heavy (non-hydrogen) atoms. The van der Waals surface area contributed by atoms with Crippen molar-refractivity contribution in [3.63, 3.8) is 0 Å². The monoisotopic (exact) mass is 399 g/mol. The number of hydrogen-bond acceptors (Lipinski definition) is 3. The molecular formula is C21H22ClN3O3. The number of halogens is 1. The fourth-order valence-corrected chi connectivity index (χ4v) is 3.52. The number of carbonyl (C=O) groups excluding carboxylic acids is 3. The van der Waals surface area contributed by atoms with Crippen molar-refractivity contribution in [1.29, 1.82) is 0 Å². The minimum atomic E-state index is -0.447. The van der Waals surface area contributed by atoms with Gasteiger partial charge in [-0.05, 0) is 47.9 Å². The standard InChI is InChI=1S/C21H22ClN3O3/c1-13(26)23-19(15-3-5-17(22)6-4-15)12-21(28)24-18-7-8-20-16(11-18)9-10-25(20)14(2)27/h3-8,11,19H,9-10,12H2,1-2H3,(H,23,26)(H,24,28). The maximum atomic E-state index is 12.6. The SMILES string of the molecule is CC(=O)NC(CC(=O)Nc1ccc2c(c1)CCN2C(C)=O)c1ccc(Cl)cc1. The number of rotatable bonds is 5. The highest BCUT2D eigenvalue weighted by molar-refractivity contribution is 6.30. The molecule has 0 saturated carbocycles. The molecule has 1 aliphatic rings. The molecule has 0 spiro atoms. The van der Waals surface area contributed by atoms with E-state index in [2.05, 4.69) is 10.6 Å². The Morgan fingerprint density at radius 1 is 1.11 bits per heavy atom. The van der Waals surface area contributed by atoms with E-state index in [0.717, 1.165) is 23.2 Å². The Morgan fingerprint density at radius 2 is 1.82 bits per heavy atom. The number of fused-ring (bicyclic) bond motifs is 1. The fraction of sp³-hybridized carbons (Fsp3) is 0.286. The summed E-state index contributed by atoms with van der Waals surface area (Å²) in [5.74, 6) is -0.415. The molecule has 7 heteroatoms. The van der Waals surface area contributed by atoms with E-state index in [9.17, 15) is 14.4 Å². The lowest BCUT2D eigenvalue weighted by Gasteiger charge is -2.19. The molecule has 3 amide bonds. The Hall–Kier alpha value is -2.86. The molecule has 2 aromatic rings. The normalized spacial score (nSPS) is 13.6. The van der Waals surface area contributed by atoms with Crippen LogP contribution in [0.5, 0.6) is 0 Å². The summed E-state index contributed by atoms with van der Waals surface area (Å²) in [4.78, 5) is 37.5. The zero-order chi connectivity index (χ0) is 20.3. The molecule has 0 radical (unpaired) electrons. The van der Waals surface area contributed by atoms with E-state index < -0.39 is 6.04 Å². The molecule has 0 saturated heterocycles. The molecule has 0 fully saturated rings. The predicted molar refractivity (Wildman–Crippen MR) is 109 cm³/mol. The summed E-state index contributed by atoms with van der Waals surface area (Å²) in [5, 5.41) is 6.28. The van der Waals surface area contributed by atoms with Crippen LogP contribution in [-0.2, 0) is 20.8 Å². The first kappa shape index (κ1) is 19.9. The molecule has 1 aliphatic heterocycles. The summed E-state index contributed by atoms with van der Waals surface area (Å²) in [6.07, 6.45) is 0.857. The Labute approximate surface area is 168 Å². The van der Waals surface area contributed by atoms with Crippen molar-refractivity contribution in [2.45, 2.75) is 32.7 Å². The minimum absolute atomic E-state index is 0.0108. The molecule has 0 aromatic heterocycles. The summed E-state index contributed by atoms with van der Waals surface area (Å²) >= 11 is 5.92. The molecule has 2 aromatic carbocycles. The van der Waals surface area contributed by atoms with Crippen molar-refractivity contribution in [3.8, 4) is 0 Å². The van der Waals surface area contributed by atoms with Crippen LogP contribution in [0.2, 0.25) is 5.02 Å². The van der Waals surface area contributed by atoms with Crippen LogP contribution < -0.4 is 15.5 Å². The highest BCUT2D eigenvalue weighted by atomic mass is 35.5. The van der Waals surface area contributed by atoms with Gasteiger partial charge in [0.1, 0.15) is 0 Å². The predicted octanol–water partition coefficient (Wildman–Crippen LogP) is 3.46. The van der Waals surface area contributed by atoms with E-state index >= 15 is 0 Å². The van der Waals surface area contributed by atoms with Crippen molar-refractivity contribution in [2.75, 3.05) is 16.8 Å². The number of nitrogens with zero attached hydrogens (tertiary/aromatic N) is 1. The first-order valence-electron chi connectivity index (χ1n) is 9.07. The highest BCUT2D eigenvalue weighted by Gasteiger charge is 2.23. The molecule has 1 unspecified atom stereocenters. The zero-order valence-corrected chi connectivity index (χ0v) is 16.5. The van der Waals surface area contributed by atoms with Gasteiger partial charge in [0.05, 0.1) is 12.5 Å². The smallest absolute Gasteiger partial charge is 0.226 e. The van der Waals surface area contributed by atoms with Gasteiger partial charge in [0.25, 0.3) is 0 Å². The number of anilines is 2. The van der Waals surface area contributed by atoms with Crippen molar-refractivity contribution >= 4 is 40.7 Å². The number of benzene rings is 2. The first-order chi connectivity index (χ1) is 13.3. The van der Waals surface area contributed by atoms with Crippen LogP contribution in [0.4, 0.5) is 11.4 Å². The Bertz CT molecular complexity index is 912. The van der Waals surface area contributed by atoms with Gasteiger partial charge < -0.3 is 15.5 Å². The third kappa shape index (κ3) is 4.70. The van der Waals surface area contributed by atoms with Gasteiger partial charge >= 0.3 is 0 Å². The summed E-state index contributed by atoms with van der Waals surface area (Å²) in [6, 6.07) is 12.1. The molecule has 146 valence electrons. The van der Waals surface area contributed by atoms with Gasteiger partial charge in [-0.1, -0.05) is 23.7 Å². The lowest BCUT2D eigenvalue weighted by atomic mass is 10.0. The molecule has 0 bridgehead atoms. The van der Waals surface area contributed by atoms with E-state index in [1.54, 1.807) is 42.2 Å². The Morgan fingerprint density at radius 3 is 2.46 bits per heavy atom. The topological polar surface area (TPSA) is 78.5 Å². The second kappa shape index (κ2) is 8.44. The average molecular weight is 400 g/mol. The second-order valence-corrected chi connectivity index (χ2v) is 7.26. The number of nitrogens with one attached hydrogen (secondary N) is 2.